The molecule has 1 aromatic carbocycles. The van der Waals surface area contributed by atoms with Gasteiger partial charge in [-0.15, -0.1) is 0 Å². The molecule has 1 nitrogen and oxygen atoms in total. The Balaban J connectivity index is 1.68. The Kier molecular flexibility index (Phi) is 5.65. The van der Waals surface area contributed by atoms with Gasteiger partial charge in [0, 0.05) is 11.8 Å². The van der Waals surface area contributed by atoms with Crippen LogP contribution in [0.25, 0.3) is 11.3 Å². The molecule has 0 aliphatic heterocycles. The van der Waals surface area contributed by atoms with Gasteiger partial charge < -0.3 is 0 Å². The summed E-state index contributed by atoms with van der Waals surface area (Å²) in [5.41, 5.74) is 3.58. The molecule has 0 N–H and O–H groups in total. The topological polar surface area (TPSA) is 12.9 Å². The van der Waals surface area contributed by atoms with E-state index < -0.39 is 0 Å². The third-order valence-electron chi connectivity index (χ3n) is 5.46. The highest BCUT2D eigenvalue weighted by Gasteiger charge is 2.22. The van der Waals surface area contributed by atoms with Gasteiger partial charge in [0.05, 0.1) is 5.69 Å². The Morgan fingerprint density at radius 1 is 1.08 bits per heavy atom. The minimum Gasteiger partial charge on any atom is -0.256 e. The second-order valence-electron chi connectivity index (χ2n) is 7.32. The molecule has 1 aliphatic carbocycles. The van der Waals surface area contributed by atoms with E-state index in [4.69, 9.17) is 0 Å². The van der Waals surface area contributed by atoms with E-state index in [1.807, 2.05) is 25.1 Å². The van der Waals surface area contributed by atoms with Crippen molar-refractivity contribution in [1.29, 1.82) is 0 Å². The van der Waals surface area contributed by atoms with E-state index in [-0.39, 0.29) is 5.82 Å². The molecule has 0 bridgehead atoms. The normalized spacial score (nSPS) is 21.0. The van der Waals surface area contributed by atoms with Crippen LogP contribution in [0, 0.1) is 18.7 Å². The van der Waals surface area contributed by atoms with Crippen LogP contribution in [-0.2, 0) is 0 Å². The Labute approximate surface area is 145 Å². The number of aryl methyl sites for hydroxylation is 1. The minimum absolute atomic E-state index is 0.142. The molecule has 0 amide bonds. The quantitative estimate of drug-likeness (QED) is 0.599. The van der Waals surface area contributed by atoms with Crippen LogP contribution in [0.4, 0.5) is 4.39 Å². The number of unbranched alkanes of at least 4 members (excludes halogenated alkanes) is 1. The molecule has 1 heterocycles. The van der Waals surface area contributed by atoms with Gasteiger partial charge in [-0.3, -0.25) is 4.98 Å². The van der Waals surface area contributed by atoms with E-state index in [0.717, 1.165) is 17.0 Å². The molecule has 0 atom stereocenters. The highest BCUT2D eigenvalue weighted by molar-refractivity contribution is 5.60. The average molecular weight is 325 g/mol. The zero-order valence-corrected chi connectivity index (χ0v) is 14.9. The third kappa shape index (κ3) is 4.03. The summed E-state index contributed by atoms with van der Waals surface area (Å²) in [6, 6.07) is 9.63. The largest absolute Gasteiger partial charge is 0.256 e. The lowest BCUT2D eigenvalue weighted by atomic mass is 9.77. The van der Waals surface area contributed by atoms with Crippen LogP contribution in [0.2, 0.25) is 0 Å². The number of halogens is 1. The maximum atomic E-state index is 14.6. The molecule has 24 heavy (non-hydrogen) atoms. The molecule has 0 spiro atoms. The van der Waals surface area contributed by atoms with Crippen LogP contribution in [0.5, 0.6) is 0 Å². The van der Waals surface area contributed by atoms with Gasteiger partial charge in [-0.2, -0.15) is 0 Å². The maximum absolute atomic E-state index is 14.6. The summed E-state index contributed by atoms with van der Waals surface area (Å²) in [7, 11) is 0. The molecular formula is C22H28FN. The van der Waals surface area contributed by atoms with Crippen molar-refractivity contribution in [3.63, 3.8) is 0 Å². The van der Waals surface area contributed by atoms with Crippen LogP contribution in [0.3, 0.4) is 0 Å². The first-order chi connectivity index (χ1) is 11.7. The second kappa shape index (κ2) is 7.92. The molecule has 2 aromatic rings. The predicted molar refractivity (Wildman–Crippen MR) is 98.6 cm³/mol. The van der Waals surface area contributed by atoms with Gasteiger partial charge in [-0.05, 0) is 73.8 Å². The van der Waals surface area contributed by atoms with E-state index in [1.54, 1.807) is 12.3 Å². The monoisotopic (exact) mass is 325 g/mol. The fourth-order valence-electron chi connectivity index (χ4n) is 3.90. The zero-order valence-electron chi connectivity index (χ0n) is 14.9. The standard InChI is InChI=1S/C22H28FN/c1-3-4-5-17-7-9-18(10-8-17)19-11-12-20(21(23)14-19)22-13-6-16(2)15-24-22/h6,11-15,17-18H,3-5,7-10H2,1-2H3/t17-,18-. The van der Waals surface area contributed by atoms with Crippen LogP contribution in [-0.4, -0.2) is 4.98 Å². The lowest BCUT2D eigenvalue weighted by molar-refractivity contribution is 0.304. The van der Waals surface area contributed by atoms with Crippen molar-refractivity contribution in [3.05, 3.63) is 53.5 Å². The summed E-state index contributed by atoms with van der Waals surface area (Å²) in [5, 5.41) is 0. The molecule has 1 saturated carbocycles. The Bertz CT molecular complexity index is 654. The molecule has 0 radical (unpaired) electrons. The first-order valence-corrected chi connectivity index (χ1v) is 9.40. The zero-order chi connectivity index (χ0) is 16.9. The van der Waals surface area contributed by atoms with Crippen LogP contribution >= 0.6 is 0 Å². The number of nitrogens with zero attached hydrogens (tertiary/aromatic N) is 1. The number of aromatic nitrogens is 1. The van der Waals surface area contributed by atoms with Crippen molar-refractivity contribution in [2.75, 3.05) is 0 Å². The van der Waals surface area contributed by atoms with Crippen LogP contribution in [0.15, 0.2) is 36.5 Å². The SMILES string of the molecule is CCCC[C@H]1CC[C@H](c2ccc(-c3ccc(C)cn3)c(F)c2)CC1. The highest BCUT2D eigenvalue weighted by Crippen LogP contribution is 2.38. The Morgan fingerprint density at radius 3 is 2.50 bits per heavy atom. The summed E-state index contributed by atoms with van der Waals surface area (Å²) in [6.07, 6.45) is 10.8. The number of hydrogen-bond acceptors (Lipinski definition) is 1. The minimum atomic E-state index is -0.142. The van der Waals surface area contributed by atoms with Crippen LogP contribution < -0.4 is 0 Å². The molecule has 1 fully saturated rings. The lowest BCUT2D eigenvalue weighted by Crippen LogP contribution is -2.13. The molecule has 3 rings (SSSR count). The van der Waals surface area contributed by atoms with E-state index in [9.17, 15) is 4.39 Å². The fraction of sp³-hybridized carbons (Fsp3) is 0.500. The molecule has 128 valence electrons. The first kappa shape index (κ1) is 17.1. The van der Waals surface area contributed by atoms with Gasteiger partial charge in [-0.1, -0.05) is 38.3 Å². The molecule has 1 aromatic heterocycles. The molecule has 0 unspecified atom stereocenters. The third-order valence-corrected chi connectivity index (χ3v) is 5.46. The van der Waals surface area contributed by atoms with E-state index in [1.165, 1.54) is 44.9 Å². The van der Waals surface area contributed by atoms with Crippen molar-refractivity contribution < 1.29 is 4.39 Å². The molecule has 2 heteroatoms. The van der Waals surface area contributed by atoms with Gasteiger partial charge in [0.2, 0.25) is 0 Å². The number of rotatable bonds is 5. The average Bonchev–Trinajstić information content (AvgIpc) is 2.61. The molecule has 0 saturated heterocycles. The second-order valence-corrected chi connectivity index (χ2v) is 7.32. The molecular weight excluding hydrogens is 297 g/mol. The van der Waals surface area contributed by atoms with E-state index in [2.05, 4.69) is 18.0 Å². The smallest absolute Gasteiger partial charge is 0.132 e. The number of pyridine rings is 1. The van der Waals surface area contributed by atoms with Crippen molar-refractivity contribution in [3.8, 4) is 11.3 Å². The fourth-order valence-corrected chi connectivity index (χ4v) is 3.90. The predicted octanol–water partition coefficient (Wildman–Crippen LogP) is 6.66. The van der Waals surface area contributed by atoms with Gasteiger partial charge >= 0.3 is 0 Å². The van der Waals surface area contributed by atoms with Crippen molar-refractivity contribution >= 4 is 0 Å². The van der Waals surface area contributed by atoms with Crippen LogP contribution in [0.1, 0.15) is 68.9 Å². The first-order valence-electron chi connectivity index (χ1n) is 9.40. The van der Waals surface area contributed by atoms with E-state index in [0.29, 0.717) is 17.2 Å². The van der Waals surface area contributed by atoms with E-state index >= 15 is 0 Å². The van der Waals surface area contributed by atoms with Gasteiger partial charge in [-0.25, -0.2) is 4.39 Å². The Hall–Kier alpha value is -1.70. The summed E-state index contributed by atoms with van der Waals surface area (Å²) in [5.74, 6) is 1.27. The van der Waals surface area contributed by atoms with Gasteiger partial charge in [0.1, 0.15) is 5.82 Å². The molecule has 1 aliphatic rings. The lowest BCUT2D eigenvalue weighted by Gasteiger charge is -2.29. The van der Waals surface area contributed by atoms with Crippen molar-refractivity contribution in [2.24, 2.45) is 5.92 Å². The maximum Gasteiger partial charge on any atom is 0.132 e. The summed E-state index contributed by atoms with van der Waals surface area (Å²) >= 11 is 0. The summed E-state index contributed by atoms with van der Waals surface area (Å²) < 4.78 is 14.6. The number of hydrogen-bond donors (Lipinski definition) is 0. The van der Waals surface area contributed by atoms with Crippen molar-refractivity contribution in [2.45, 2.75) is 64.7 Å². The van der Waals surface area contributed by atoms with Gasteiger partial charge in [0.25, 0.3) is 0 Å². The highest BCUT2D eigenvalue weighted by atomic mass is 19.1. The number of benzene rings is 1. The van der Waals surface area contributed by atoms with Crippen molar-refractivity contribution in [1.82, 2.24) is 4.98 Å². The summed E-state index contributed by atoms with van der Waals surface area (Å²) in [4.78, 5) is 4.35. The van der Waals surface area contributed by atoms with Gasteiger partial charge in [0.15, 0.2) is 0 Å². The Morgan fingerprint density at radius 2 is 1.88 bits per heavy atom. The summed E-state index contributed by atoms with van der Waals surface area (Å²) in [6.45, 7) is 4.26.